The summed E-state index contributed by atoms with van der Waals surface area (Å²) < 4.78 is 11.7. The van der Waals surface area contributed by atoms with Crippen LogP contribution in [0.1, 0.15) is 6.42 Å². The molecule has 2 N–H and O–H groups in total. The number of amides is 1. The molecule has 2 rings (SSSR count). The van der Waals surface area contributed by atoms with E-state index in [0.717, 1.165) is 0 Å². The molecule has 0 fully saturated rings. The molecule has 0 spiro atoms. The number of hydrogen-bond acceptors (Lipinski definition) is 6. The summed E-state index contributed by atoms with van der Waals surface area (Å²) in [5, 5.41) is 9.61. The minimum atomic E-state index is -0.293. The lowest BCUT2D eigenvalue weighted by molar-refractivity contribution is -0.113. The molecule has 0 unspecified atom stereocenters. The second kappa shape index (κ2) is 9.14. The van der Waals surface area contributed by atoms with Crippen molar-refractivity contribution in [1.29, 1.82) is 0 Å². The van der Waals surface area contributed by atoms with Gasteiger partial charge < -0.3 is 14.8 Å². The van der Waals surface area contributed by atoms with Crippen LogP contribution < -0.4 is 15.7 Å². The molecule has 0 aliphatic carbocycles. The largest absolute Gasteiger partial charge is 0.495 e. The second-order valence-electron chi connectivity index (χ2n) is 4.85. The number of aromatic nitrogens is 3. The summed E-state index contributed by atoms with van der Waals surface area (Å²) in [6.45, 7) is 1.04. The molecule has 9 heteroatoms. The Balaban J connectivity index is 1.93. The first-order valence-corrected chi connectivity index (χ1v) is 8.34. The fraction of sp³-hybridized carbons (Fsp3) is 0.400. The van der Waals surface area contributed by atoms with Crippen molar-refractivity contribution in [2.45, 2.75) is 18.1 Å². The lowest BCUT2D eigenvalue weighted by atomic mass is 10.3. The highest BCUT2D eigenvalue weighted by Crippen LogP contribution is 2.23. The molecule has 130 valence electrons. The standard InChI is InChI=1S/C15H20N4O4S/c1-22-9-5-8-19-14(21)17-18-15(19)24-10-13(20)16-11-6-3-4-7-12(11)23-2/h3-4,6-7H,5,8-10H2,1-2H3,(H,16,20)(H,17,21). The number of rotatable bonds is 9. The van der Waals surface area contributed by atoms with Crippen molar-refractivity contribution in [3.05, 3.63) is 34.7 Å². The van der Waals surface area contributed by atoms with Crippen LogP contribution in [0.5, 0.6) is 5.75 Å². The number of carbonyl (C=O) groups is 1. The maximum atomic E-state index is 12.1. The quantitative estimate of drug-likeness (QED) is 0.522. The Labute approximate surface area is 143 Å². The highest BCUT2D eigenvalue weighted by Gasteiger charge is 2.12. The summed E-state index contributed by atoms with van der Waals surface area (Å²) >= 11 is 1.19. The van der Waals surface area contributed by atoms with Gasteiger partial charge in [0.25, 0.3) is 0 Å². The van der Waals surface area contributed by atoms with Gasteiger partial charge in [-0.05, 0) is 18.6 Å². The smallest absolute Gasteiger partial charge is 0.343 e. The zero-order valence-electron chi connectivity index (χ0n) is 13.6. The van der Waals surface area contributed by atoms with E-state index in [-0.39, 0.29) is 17.3 Å². The van der Waals surface area contributed by atoms with Crippen LogP contribution in [0.25, 0.3) is 0 Å². The maximum absolute atomic E-state index is 12.1. The van der Waals surface area contributed by atoms with E-state index in [0.29, 0.717) is 36.2 Å². The fourth-order valence-corrected chi connectivity index (χ4v) is 2.81. The Morgan fingerprint density at radius 1 is 1.38 bits per heavy atom. The van der Waals surface area contributed by atoms with Crippen LogP contribution in [0.3, 0.4) is 0 Å². The maximum Gasteiger partial charge on any atom is 0.343 e. The van der Waals surface area contributed by atoms with Crippen molar-refractivity contribution in [1.82, 2.24) is 14.8 Å². The molecule has 0 atom stereocenters. The predicted molar refractivity (Wildman–Crippen MR) is 91.7 cm³/mol. The minimum Gasteiger partial charge on any atom is -0.495 e. The van der Waals surface area contributed by atoms with E-state index < -0.39 is 0 Å². The van der Waals surface area contributed by atoms with Gasteiger partial charge in [0, 0.05) is 20.3 Å². The average Bonchev–Trinajstić information content (AvgIpc) is 2.94. The van der Waals surface area contributed by atoms with E-state index in [1.807, 2.05) is 12.1 Å². The first-order chi connectivity index (χ1) is 11.7. The molecule has 0 saturated carbocycles. The van der Waals surface area contributed by atoms with Crippen LogP contribution in [0, 0.1) is 0 Å². The number of nitrogens with zero attached hydrogens (tertiary/aromatic N) is 2. The molecule has 1 amide bonds. The SMILES string of the molecule is COCCCn1c(SCC(=O)Nc2ccccc2OC)n[nH]c1=O. The van der Waals surface area contributed by atoms with Crippen LogP contribution in [0.4, 0.5) is 5.69 Å². The van der Waals surface area contributed by atoms with Gasteiger partial charge in [-0.15, -0.1) is 5.10 Å². The minimum absolute atomic E-state index is 0.132. The molecule has 24 heavy (non-hydrogen) atoms. The highest BCUT2D eigenvalue weighted by molar-refractivity contribution is 7.99. The second-order valence-corrected chi connectivity index (χ2v) is 5.79. The average molecular weight is 352 g/mol. The number of carbonyl (C=O) groups excluding carboxylic acids is 1. The van der Waals surface area contributed by atoms with Crippen molar-refractivity contribution in [2.75, 3.05) is 31.9 Å². The Kier molecular flexibility index (Phi) is 6.89. The van der Waals surface area contributed by atoms with Crippen molar-refractivity contribution < 1.29 is 14.3 Å². The van der Waals surface area contributed by atoms with E-state index >= 15 is 0 Å². The van der Waals surface area contributed by atoms with Crippen molar-refractivity contribution in [2.24, 2.45) is 0 Å². The summed E-state index contributed by atoms with van der Waals surface area (Å²) in [6, 6.07) is 7.17. The molecule has 2 aromatic rings. The van der Waals surface area contributed by atoms with Gasteiger partial charge in [-0.2, -0.15) is 0 Å². The number of anilines is 1. The number of aromatic amines is 1. The summed E-state index contributed by atoms with van der Waals surface area (Å²) in [5.41, 5.74) is 0.309. The molecule has 0 bridgehead atoms. The number of nitrogens with one attached hydrogen (secondary N) is 2. The molecule has 1 aromatic carbocycles. The number of H-pyrrole nitrogens is 1. The topological polar surface area (TPSA) is 98.2 Å². The summed E-state index contributed by atoms with van der Waals surface area (Å²) in [4.78, 5) is 23.8. The monoisotopic (exact) mass is 352 g/mol. The fourth-order valence-electron chi connectivity index (χ4n) is 2.04. The van der Waals surface area contributed by atoms with Gasteiger partial charge in [0.2, 0.25) is 5.91 Å². The van der Waals surface area contributed by atoms with E-state index in [1.165, 1.54) is 16.3 Å². The molecular weight excluding hydrogens is 332 g/mol. The van der Waals surface area contributed by atoms with Crippen LogP contribution in [0.2, 0.25) is 0 Å². The van der Waals surface area contributed by atoms with Gasteiger partial charge in [-0.25, -0.2) is 9.89 Å². The summed E-state index contributed by atoms with van der Waals surface area (Å²) in [6.07, 6.45) is 0.691. The van der Waals surface area contributed by atoms with Gasteiger partial charge >= 0.3 is 5.69 Å². The molecule has 0 radical (unpaired) electrons. The highest BCUT2D eigenvalue weighted by atomic mass is 32.2. The van der Waals surface area contributed by atoms with Gasteiger partial charge in [-0.3, -0.25) is 9.36 Å². The molecule has 0 saturated heterocycles. The van der Waals surface area contributed by atoms with E-state index in [9.17, 15) is 9.59 Å². The zero-order chi connectivity index (χ0) is 17.4. The third-order valence-corrected chi connectivity index (χ3v) is 4.14. The van der Waals surface area contributed by atoms with Gasteiger partial charge in [0.1, 0.15) is 5.75 Å². The number of thioether (sulfide) groups is 1. The Bertz CT molecular complexity index is 728. The Morgan fingerprint density at radius 2 is 2.17 bits per heavy atom. The zero-order valence-corrected chi connectivity index (χ0v) is 14.4. The molecule has 0 aliphatic heterocycles. The number of para-hydroxylation sites is 2. The van der Waals surface area contributed by atoms with Gasteiger partial charge in [0.15, 0.2) is 5.16 Å². The third kappa shape index (κ3) is 4.87. The summed E-state index contributed by atoms with van der Waals surface area (Å²) in [7, 11) is 3.15. The van der Waals surface area contributed by atoms with Crippen LogP contribution in [0.15, 0.2) is 34.2 Å². The first-order valence-electron chi connectivity index (χ1n) is 7.35. The summed E-state index contributed by atoms with van der Waals surface area (Å²) in [5.74, 6) is 0.516. The molecular formula is C15H20N4O4S. The number of ether oxygens (including phenoxy) is 2. The number of methoxy groups -OCH3 is 2. The molecule has 8 nitrogen and oxygen atoms in total. The Hall–Kier alpha value is -2.26. The van der Waals surface area contributed by atoms with E-state index in [2.05, 4.69) is 15.5 Å². The third-order valence-electron chi connectivity index (χ3n) is 3.17. The molecule has 1 aromatic heterocycles. The number of benzene rings is 1. The van der Waals surface area contributed by atoms with Gasteiger partial charge in [0.05, 0.1) is 18.6 Å². The first kappa shape index (κ1) is 18.1. The molecule has 1 heterocycles. The van der Waals surface area contributed by atoms with Crippen LogP contribution >= 0.6 is 11.8 Å². The van der Waals surface area contributed by atoms with E-state index in [4.69, 9.17) is 9.47 Å². The molecule has 0 aliphatic rings. The van der Waals surface area contributed by atoms with Crippen molar-refractivity contribution in [3.8, 4) is 5.75 Å². The lowest BCUT2D eigenvalue weighted by Gasteiger charge is -2.09. The van der Waals surface area contributed by atoms with Crippen LogP contribution in [-0.2, 0) is 16.1 Å². The van der Waals surface area contributed by atoms with E-state index in [1.54, 1.807) is 26.4 Å². The van der Waals surface area contributed by atoms with Crippen molar-refractivity contribution >= 4 is 23.4 Å². The van der Waals surface area contributed by atoms with Gasteiger partial charge in [-0.1, -0.05) is 23.9 Å². The normalized spacial score (nSPS) is 10.6. The number of hydrogen-bond donors (Lipinski definition) is 2. The van der Waals surface area contributed by atoms with Crippen molar-refractivity contribution in [3.63, 3.8) is 0 Å². The Morgan fingerprint density at radius 3 is 2.92 bits per heavy atom. The predicted octanol–water partition coefficient (Wildman–Crippen LogP) is 1.35. The lowest BCUT2D eigenvalue weighted by Crippen LogP contribution is -2.19. The van der Waals surface area contributed by atoms with Crippen LogP contribution in [-0.4, -0.2) is 47.3 Å².